The lowest BCUT2D eigenvalue weighted by Gasteiger charge is -2.36. The molecule has 0 bridgehead atoms. The summed E-state index contributed by atoms with van der Waals surface area (Å²) in [5, 5.41) is 1.99. The third-order valence-electron chi connectivity index (χ3n) is 17.7. The van der Waals surface area contributed by atoms with Gasteiger partial charge in [0.05, 0.1) is 16.5 Å². The average Bonchev–Trinajstić information content (AvgIpc) is 1.55. The lowest BCUT2D eigenvalue weighted by atomic mass is 9.67. The van der Waals surface area contributed by atoms with Crippen LogP contribution in [0.2, 0.25) is 0 Å². The van der Waals surface area contributed by atoms with E-state index in [4.69, 9.17) is 13.9 Å². The molecule has 0 saturated carbocycles. The third-order valence-corrected chi connectivity index (χ3v) is 17.7. The van der Waals surface area contributed by atoms with Crippen LogP contribution in [0.25, 0.3) is 56.3 Å². The Morgan fingerprint density at radius 2 is 0.791 bits per heavy atom. The number of fused-ring (bicyclic) bond motifs is 9. The normalized spacial score (nSPS) is 15.4. The summed E-state index contributed by atoms with van der Waals surface area (Å²) in [7, 11) is 0. The first kappa shape index (κ1) is 52.0. The monoisotopic (exact) mass is 1120 g/mol. The van der Waals surface area contributed by atoms with Crippen molar-refractivity contribution in [3.05, 3.63) is 352 Å². The lowest BCUT2D eigenvalue weighted by Crippen LogP contribution is -2.29. The predicted octanol–water partition coefficient (Wildman–Crippen LogP) is 21.5. The molecule has 1 heterocycles. The minimum absolute atomic E-state index is 0.273. The molecule has 0 amide bonds. The highest BCUT2D eigenvalue weighted by molar-refractivity contribution is 6.10. The second-order valence-electron chi connectivity index (χ2n) is 22.4. The summed E-state index contributed by atoms with van der Waals surface area (Å²) in [6, 6.07) is 88.7. The summed E-state index contributed by atoms with van der Waals surface area (Å²) in [6.07, 6.45) is 3.62. The summed E-state index contributed by atoms with van der Waals surface area (Å²) in [5.74, 6) is 2.24. The van der Waals surface area contributed by atoms with E-state index in [1.165, 1.54) is 0 Å². The maximum atomic E-state index is 15.7. The Hall–Kier alpha value is -10.8. The summed E-state index contributed by atoms with van der Waals surface area (Å²) in [4.78, 5) is 2.32. The number of aryl methyl sites for hydroxylation is 2. The SMILES string of the molecule is C=Cc1ccc(Oc2ccc(C3(c4ccc(F)c(C)c4)c4ccccc4-c4ccc(N(c5ccc6c(c5)C(c5ccc(Oc7ccc(C=C)cc7)cc5)(c5ccc(F)c(C)c5)c5ccccc5-6)c5cccc6c5oc5ccccc56)cc43)cc2)cc1. The summed E-state index contributed by atoms with van der Waals surface area (Å²) >= 11 is 0. The Labute approximate surface area is 498 Å². The second-order valence-corrected chi connectivity index (χ2v) is 22.4. The minimum atomic E-state index is -0.929. The van der Waals surface area contributed by atoms with Crippen LogP contribution in [0.5, 0.6) is 23.0 Å². The zero-order chi connectivity index (χ0) is 58.3. The van der Waals surface area contributed by atoms with Gasteiger partial charge in [-0.2, -0.15) is 0 Å². The Morgan fingerprint density at radius 3 is 1.26 bits per heavy atom. The fourth-order valence-corrected chi connectivity index (χ4v) is 13.6. The van der Waals surface area contributed by atoms with Crippen molar-refractivity contribution in [2.24, 2.45) is 0 Å². The van der Waals surface area contributed by atoms with E-state index in [0.29, 0.717) is 34.1 Å². The minimum Gasteiger partial charge on any atom is -0.457 e. The fraction of sp³-hybridized carbons (Fsp3) is 0.0500. The van der Waals surface area contributed by atoms with E-state index >= 15 is 8.78 Å². The van der Waals surface area contributed by atoms with E-state index < -0.39 is 10.8 Å². The summed E-state index contributed by atoms with van der Waals surface area (Å²) in [5.41, 5.74) is 17.7. The molecule has 12 aromatic carbocycles. The highest BCUT2D eigenvalue weighted by atomic mass is 19.1. The highest BCUT2D eigenvalue weighted by Crippen LogP contribution is 2.60. The number of halogens is 2. The third kappa shape index (κ3) is 8.16. The topological polar surface area (TPSA) is 34.8 Å². The molecule has 15 rings (SSSR count). The Morgan fingerprint density at radius 1 is 0.384 bits per heavy atom. The number of para-hydroxylation sites is 2. The van der Waals surface area contributed by atoms with Gasteiger partial charge in [-0.05, 0) is 200 Å². The number of nitrogens with zero attached hydrogens (tertiary/aromatic N) is 1. The second kappa shape index (κ2) is 20.5. The summed E-state index contributed by atoms with van der Waals surface area (Å²) in [6.45, 7) is 11.5. The van der Waals surface area contributed by atoms with E-state index in [9.17, 15) is 0 Å². The number of furan rings is 1. The van der Waals surface area contributed by atoms with Gasteiger partial charge in [-0.25, -0.2) is 8.78 Å². The molecule has 13 aromatic rings. The molecule has 2 atom stereocenters. The zero-order valence-electron chi connectivity index (χ0n) is 47.3. The van der Waals surface area contributed by atoms with Crippen LogP contribution in [0, 0.1) is 25.5 Å². The molecule has 0 N–H and O–H groups in total. The lowest BCUT2D eigenvalue weighted by molar-refractivity contribution is 0.482. The van der Waals surface area contributed by atoms with E-state index in [2.05, 4.69) is 152 Å². The predicted molar refractivity (Wildman–Crippen MR) is 346 cm³/mol. The van der Waals surface area contributed by atoms with Crippen molar-refractivity contribution in [1.29, 1.82) is 0 Å². The van der Waals surface area contributed by atoms with Gasteiger partial charge in [0.25, 0.3) is 0 Å². The fourth-order valence-electron chi connectivity index (χ4n) is 13.6. The van der Waals surface area contributed by atoms with Gasteiger partial charge >= 0.3 is 0 Å². The molecule has 0 spiro atoms. The Balaban J connectivity index is 0.968. The Bertz CT molecular complexity index is 4600. The maximum absolute atomic E-state index is 15.7. The number of hydrogen-bond acceptors (Lipinski definition) is 4. The number of benzene rings is 12. The maximum Gasteiger partial charge on any atom is 0.159 e. The van der Waals surface area contributed by atoms with Crippen molar-refractivity contribution in [1.82, 2.24) is 0 Å². The van der Waals surface area contributed by atoms with Crippen LogP contribution in [0.15, 0.2) is 278 Å². The van der Waals surface area contributed by atoms with Crippen molar-refractivity contribution in [2.75, 3.05) is 4.90 Å². The van der Waals surface area contributed by atoms with Crippen molar-refractivity contribution >= 4 is 51.2 Å². The van der Waals surface area contributed by atoms with E-state index in [1.807, 2.05) is 141 Å². The molecule has 4 nitrogen and oxygen atoms in total. The summed E-state index contributed by atoms with van der Waals surface area (Å²) < 4.78 is 51.3. The first-order chi connectivity index (χ1) is 42.1. The van der Waals surface area contributed by atoms with Gasteiger partial charge in [0.2, 0.25) is 0 Å². The molecule has 2 aliphatic rings. The smallest absolute Gasteiger partial charge is 0.159 e. The van der Waals surface area contributed by atoms with Crippen LogP contribution in [-0.2, 0) is 10.8 Å². The first-order valence-corrected chi connectivity index (χ1v) is 28.9. The van der Waals surface area contributed by atoms with Gasteiger partial charge in [-0.15, -0.1) is 0 Å². The zero-order valence-corrected chi connectivity index (χ0v) is 47.3. The van der Waals surface area contributed by atoms with Gasteiger partial charge in [-0.3, -0.25) is 0 Å². The molecule has 2 aliphatic carbocycles. The number of hydrogen-bond donors (Lipinski definition) is 0. The van der Waals surface area contributed by atoms with Crippen LogP contribution >= 0.6 is 0 Å². The van der Waals surface area contributed by atoms with Crippen LogP contribution in [-0.4, -0.2) is 0 Å². The molecular weight excluding hydrogens is 1060 g/mol. The largest absolute Gasteiger partial charge is 0.457 e. The number of rotatable bonds is 13. The van der Waals surface area contributed by atoms with Crippen LogP contribution in [0.4, 0.5) is 25.8 Å². The molecular formula is C80H55F2NO3. The van der Waals surface area contributed by atoms with Crippen molar-refractivity contribution < 1.29 is 22.7 Å². The first-order valence-electron chi connectivity index (χ1n) is 28.9. The van der Waals surface area contributed by atoms with Crippen LogP contribution in [0.1, 0.15) is 66.8 Å². The molecule has 6 heteroatoms. The van der Waals surface area contributed by atoms with E-state index in [0.717, 1.165) is 117 Å². The standard InChI is InChI=1S/C80H55F2NO3/c1-5-52-22-34-60(35-23-52)84-62-38-26-54(27-39-62)79(56-30-44-74(81)50(3)46-56)70-18-10-7-14-64(70)66-42-32-58(48-72(66)79)83(76-20-13-17-69-68-16-9-12-21-77(68)86-78(69)76)59-33-43-67-65-15-8-11-19-71(65)80(73(67)49-59,57-31-45-75(82)51(4)47-57)55-28-40-63(41-29-55)85-61-36-24-53(6-2)25-37-61/h5-49H,1-2H2,3-4H3. The van der Waals surface area contributed by atoms with Crippen LogP contribution in [0.3, 0.4) is 0 Å². The molecule has 0 radical (unpaired) electrons. The molecule has 0 aliphatic heterocycles. The molecule has 1 aromatic heterocycles. The van der Waals surface area contributed by atoms with Gasteiger partial charge in [0, 0.05) is 22.1 Å². The van der Waals surface area contributed by atoms with Crippen molar-refractivity contribution in [2.45, 2.75) is 24.7 Å². The molecule has 2 unspecified atom stereocenters. The average molecular weight is 1120 g/mol. The van der Waals surface area contributed by atoms with E-state index in [-0.39, 0.29) is 11.6 Å². The van der Waals surface area contributed by atoms with Gasteiger partial charge in [-0.1, -0.05) is 189 Å². The van der Waals surface area contributed by atoms with Crippen molar-refractivity contribution in [3.8, 4) is 45.3 Å². The Kier molecular flexibility index (Phi) is 12.4. The number of anilines is 3. The van der Waals surface area contributed by atoms with Crippen molar-refractivity contribution in [3.63, 3.8) is 0 Å². The van der Waals surface area contributed by atoms with Crippen LogP contribution < -0.4 is 14.4 Å². The van der Waals surface area contributed by atoms with E-state index in [1.54, 1.807) is 12.1 Å². The van der Waals surface area contributed by atoms with Gasteiger partial charge < -0.3 is 18.8 Å². The molecule has 86 heavy (non-hydrogen) atoms. The molecule has 412 valence electrons. The molecule has 0 saturated heterocycles. The van der Waals surface area contributed by atoms with Gasteiger partial charge in [0.1, 0.15) is 40.2 Å². The molecule has 0 fully saturated rings. The quantitative estimate of drug-likeness (QED) is 0.115. The van der Waals surface area contributed by atoms with Gasteiger partial charge in [0.15, 0.2) is 5.58 Å². The highest BCUT2D eigenvalue weighted by Gasteiger charge is 2.49. The number of ether oxygens (including phenoxy) is 2.